The molecular formula is C22H43N5O. The number of unbranched alkanes of at least 4 members (excludes halogenated alkanes) is 1. The number of piperidine rings is 1. The third-order valence-electron chi connectivity index (χ3n) is 5.98. The van der Waals surface area contributed by atoms with E-state index in [1.807, 2.05) is 4.90 Å². The maximum absolute atomic E-state index is 12.0. The first-order valence-corrected chi connectivity index (χ1v) is 11.7. The summed E-state index contributed by atoms with van der Waals surface area (Å²) in [6.07, 6.45) is 11.6. The van der Waals surface area contributed by atoms with Crippen LogP contribution in [0.1, 0.15) is 78.1 Å². The first-order chi connectivity index (χ1) is 13.7. The molecule has 0 aromatic heterocycles. The summed E-state index contributed by atoms with van der Waals surface area (Å²) in [7, 11) is 0. The van der Waals surface area contributed by atoms with Crippen LogP contribution in [-0.2, 0) is 4.79 Å². The fourth-order valence-electron chi connectivity index (χ4n) is 4.21. The van der Waals surface area contributed by atoms with Gasteiger partial charge in [-0.3, -0.25) is 9.79 Å². The standard InChI is InChI=1S/C22H43N5O/c1-3-23-22(24-14-7-10-17-26-16-9-6-12-20(26)2)25-15-11-19-27-18-8-4-5-13-21(27)28/h20H,3-19H2,1-2H3,(H2,23,24,25). The average molecular weight is 394 g/mol. The van der Waals surface area contributed by atoms with Gasteiger partial charge in [0, 0.05) is 45.2 Å². The Morgan fingerprint density at radius 2 is 1.89 bits per heavy atom. The van der Waals surface area contributed by atoms with E-state index in [-0.39, 0.29) is 0 Å². The van der Waals surface area contributed by atoms with Crippen molar-refractivity contribution in [3.8, 4) is 0 Å². The highest BCUT2D eigenvalue weighted by atomic mass is 16.2. The summed E-state index contributed by atoms with van der Waals surface area (Å²) in [5.41, 5.74) is 0. The van der Waals surface area contributed by atoms with Crippen LogP contribution in [0.2, 0.25) is 0 Å². The topological polar surface area (TPSA) is 60.0 Å². The number of carbonyl (C=O) groups is 1. The van der Waals surface area contributed by atoms with Gasteiger partial charge in [-0.1, -0.05) is 12.8 Å². The van der Waals surface area contributed by atoms with Crippen LogP contribution in [0.5, 0.6) is 0 Å². The number of aliphatic imine (C=N–C) groups is 1. The van der Waals surface area contributed by atoms with Gasteiger partial charge in [-0.05, 0) is 71.9 Å². The Balaban J connectivity index is 1.59. The maximum atomic E-state index is 12.0. The lowest BCUT2D eigenvalue weighted by Crippen LogP contribution is -2.39. The molecule has 1 unspecified atom stereocenters. The van der Waals surface area contributed by atoms with Gasteiger partial charge in [0.05, 0.1) is 0 Å². The molecule has 0 aromatic carbocycles. The van der Waals surface area contributed by atoms with Crippen molar-refractivity contribution >= 4 is 11.9 Å². The van der Waals surface area contributed by atoms with Crippen LogP contribution in [-0.4, -0.2) is 73.5 Å². The molecule has 2 rings (SSSR count). The molecule has 28 heavy (non-hydrogen) atoms. The van der Waals surface area contributed by atoms with Crippen molar-refractivity contribution in [2.24, 2.45) is 4.99 Å². The predicted molar refractivity (Wildman–Crippen MR) is 118 cm³/mol. The van der Waals surface area contributed by atoms with Gasteiger partial charge >= 0.3 is 0 Å². The van der Waals surface area contributed by atoms with Gasteiger partial charge in [-0.2, -0.15) is 0 Å². The third kappa shape index (κ3) is 8.80. The van der Waals surface area contributed by atoms with Crippen LogP contribution in [0.15, 0.2) is 4.99 Å². The lowest BCUT2D eigenvalue weighted by molar-refractivity contribution is -0.130. The zero-order valence-corrected chi connectivity index (χ0v) is 18.3. The maximum Gasteiger partial charge on any atom is 0.222 e. The van der Waals surface area contributed by atoms with Crippen LogP contribution in [0, 0.1) is 0 Å². The van der Waals surface area contributed by atoms with E-state index >= 15 is 0 Å². The average Bonchev–Trinajstić information content (AvgIpc) is 2.90. The molecule has 2 saturated heterocycles. The van der Waals surface area contributed by atoms with Gasteiger partial charge in [0.25, 0.3) is 0 Å². The molecule has 0 aromatic rings. The fourth-order valence-corrected chi connectivity index (χ4v) is 4.21. The van der Waals surface area contributed by atoms with E-state index in [4.69, 9.17) is 4.99 Å². The lowest BCUT2D eigenvalue weighted by atomic mass is 10.0. The number of carbonyl (C=O) groups excluding carboxylic acids is 1. The number of likely N-dealkylation sites (tertiary alicyclic amines) is 2. The second-order valence-corrected chi connectivity index (χ2v) is 8.32. The first kappa shape index (κ1) is 23.0. The Morgan fingerprint density at radius 1 is 1.04 bits per heavy atom. The molecule has 6 nitrogen and oxygen atoms in total. The summed E-state index contributed by atoms with van der Waals surface area (Å²) >= 11 is 0. The molecule has 162 valence electrons. The summed E-state index contributed by atoms with van der Waals surface area (Å²) in [5.74, 6) is 1.24. The number of rotatable bonds is 10. The molecule has 2 fully saturated rings. The molecule has 0 aliphatic carbocycles. The van der Waals surface area contributed by atoms with Crippen molar-refractivity contribution in [3.05, 3.63) is 0 Å². The molecule has 1 atom stereocenters. The highest BCUT2D eigenvalue weighted by Crippen LogP contribution is 2.16. The molecule has 2 aliphatic rings. The van der Waals surface area contributed by atoms with E-state index in [1.54, 1.807) is 0 Å². The lowest BCUT2D eigenvalue weighted by Gasteiger charge is -2.33. The highest BCUT2D eigenvalue weighted by Gasteiger charge is 2.17. The Bertz CT molecular complexity index is 468. The van der Waals surface area contributed by atoms with Crippen LogP contribution < -0.4 is 10.6 Å². The molecule has 0 saturated carbocycles. The van der Waals surface area contributed by atoms with E-state index in [2.05, 4.69) is 29.4 Å². The second-order valence-electron chi connectivity index (χ2n) is 8.32. The zero-order chi connectivity index (χ0) is 20.0. The van der Waals surface area contributed by atoms with E-state index in [1.165, 1.54) is 51.6 Å². The van der Waals surface area contributed by atoms with Crippen LogP contribution in [0.3, 0.4) is 0 Å². The molecule has 2 heterocycles. The summed E-state index contributed by atoms with van der Waals surface area (Å²) in [6, 6.07) is 0.761. The molecule has 0 radical (unpaired) electrons. The van der Waals surface area contributed by atoms with Gasteiger partial charge in [0.15, 0.2) is 5.96 Å². The smallest absolute Gasteiger partial charge is 0.222 e. The molecule has 0 spiro atoms. The van der Waals surface area contributed by atoms with Crippen LogP contribution >= 0.6 is 0 Å². The van der Waals surface area contributed by atoms with Gasteiger partial charge in [-0.25, -0.2) is 0 Å². The fraction of sp³-hybridized carbons (Fsp3) is 0.909. The number of nitrogens with zero attached hydrogens (tertiary/aromatic N) is 3. The molecule has 2 N–H and O–H groups in total. The predicted octanol–water partition coefficient (Wildman–Crippen LogP) is 2.99. The Hall–Kier alpha value is -1.30. The van der Waals surface area contributed by atoms with Gasteiger partial charge in [0.1, 0.15) is 0 Å². The molecule has 2 aliphatic heterocycles. The SMILES string of the molecule is CCNC(=NCCCN1CCCCCC1=O)NCCCCN1CCCCC1C. The van der Waals surface area contributed by atoms with Crippen molar-refractivity contribution in [3.63, 3.8) is 0 Å². The second kappa shape index (κ2) is 13.8. The number of amides is 1. The summed E-state index contributed by atoms with van der Waals surface area (Å²) in [4.78, 5) is 21.4. The highest BCUT2D eigenvalue weighted by molar-refractivity contribution is 5.79. The Morgan fingerprint density at radius 3 is 2.71 bits per heavy atom. The van der Waals surface area contributed by atoms with E-state index in [0.29, 0.717) is 5.91 Å². The normalized spacial score (nSPS) is 22.2. The zero-order valence-electron chi connectivity index (χ0n) is 18.3. The summed E-state index contributed by atoms with van der Waals surface area (Å²) in [5, 5.41) is 6.80. The summed E-state index contributed by atoms with van der Waals surface area (Å²) < 4.78 is 0. The molecular weight excluding hydrogens is 350 g/mol. The van der Waals surface area contributed by atoms with E-state index in [9.17, 15) is 4.79 Å². The number of nitrogens with one attached hydrogen (secondary N) is 2. The third-order valence-corrected chi connectivity index (χ3v) is 5.98. The first-order valence-electron chi connectivity index (χ1n) is 11.7. The largest absolute Gasteiger partial charge is 0.357 e. The van der Waals surface area contributed by atoms with E-state index in [0.717, 1.165) is 70.4 Å². The van der Waals surface area contributed by atoms with Gasteiger partial charge < -0.3 is 20.4 Å². The van der Waals surface area contributed by atoms with Crippen LogP contribution in [0.25, 0.3) is 0 Å². The minimum absolute atomic E-state index is 0.328. The van der Waals surface area contributed by atoms with Crippen molar-refractivity contribution < 1.29 is 4.79 Å². The number of hydrogen-bond acceptors (Lipinski definition) is 3. The van der Waals surface area contributed by atoms with Gasteiger partial charge in [0.2, 0.25) is 5.91 Å². The minimum atomic E-state index is 0.328. The number of hydrogen-bond donors (Lipinski definition) is 2. The Labute approximate surface area is 172 Å². The Kier molecular flexibility index (Phi) is 11.3. The van der Waals surface area contributed by atoms with Crippen molar-refractivity contribution in [1.29, 1.82) is 0 Å². The number of guanidine groups is 1. The van der Waals surface area contributed by atoms with Crippen molar-refractivity contribution in [1.82, 2.24) is 20.4 Å². The molecule has 6 heteroatoms. The van der Waals surface area contributed by atoms with Crippen molar-refractivity contribution in [2.45, 2.75) is 84.1 Å². The molecule has 0 bridgehead atoms. The minimum Gasteiger partial charge on any atom is -0.357 e. The quantitative estimate of drug-likeness (QED) is 0.340. The van der Waals surface area contributed by atoms with Crippen LogP contribution in [0.4, 0.5) is 0 Å². The van der Waals surface area contributed by atoms with E-state index < -0.39 is 0 Å². The van der Waals surface area contributed by atoms with Gasteiger partial charge in [-0.15, -0.1) is 0 Å². The summed E-state index contributed by atoms with van der Waals surface area (Å²) in [6.45, 7) is 11.4. The molecule has 1 amide bonds. The van der Waals surface area contributed by atoms with Crippen molar-refractivity contribution in [2.75, 3.05) is 45.8 Å². The monoisotopic (exact) mass is 393 g/mol.